The number of hydrogen-bond donors (Lipinski definition) is 11. The van der Waals surface area contributed by atoms with Gasteiger partial charge in [0.05, 0.1) is 6.04 Å². The molecule has 374 valence electrons. The second-order valence-corrected chi connectivity index (χ2v) is 17.8. The summed E-state index contributed by atoms with van der Waals surface area (Å²) in [7, 11) is 0. The normalized spacial score (nSPS) is 16.4. The number of nitrogens with one attached hydrogen (secondary N) is 5. The number of phenolic OH excluding ortho intramolecular Hbond substituents is 2. The average molecular weight is 957 g/mol. The molecular formula is C49H68N10O10. The van der Waals surface area contributed by atoms with Crippen molar-refractivity contribution in [2.45, 2.75) is 121 Å². The standard InChI is InChI=1S/C49H68N10O10/c1-5-29(4)41(58-43(63)36(25-31-15-19-33(60)20-16-31)54-45(65)40(28(2)3)57-42(62)35(50)13-9-23-53-49(51)52)46(66)55-37(26-32-17-21-34(61)22-18-32)47(67)59-24-10-14-39(59)44(64)56-38(48(68)69)27-30-11-7-6-8-12-30/h6-8,11-12,15-22,28-29,35-41,60-61H,5,9-10,13-14,23-27,50H2,1-4H3,(H,54,65)(H,55,66)(H,56,64)(H,57,62)(H,58,63)(H,68,69)(H4,51,52,53)/t29-,35-,36-,37-,38-,39-,40-,41-/m0/s1. The Labute approximate surface area is 402 Å². The molecule has 8 atom stereocenters. The van der Waals surface area contributed by atoms with E-state index in [0.29, 0.717) is 36.0 Å². The molecule has 0 aromatic heterocycles. The van der Waals surface area contributed by atoms with Crippen LogP contribution in [0.25, 0.3) is 0 Å². The van der Waals surface area contributed by atoms with Crippen LogP contribution in [0.3, 0.4) is 0 Å². The summed E-state index contributed by atoms with van der Waals surface area (Å²) in [6.07, 6.45) is 1.51. The summed E-state index contributed by atoms with van der Waals surface area (Å²) < 4.78 is 0. The summed E-state index contributed by atoms with van der Waals surface area (Å²) in [5.74, 6) is -6.47. The number of rotatable bonds is 25. The van der Waals surface area contributed by atoms with Gasteiger partial charge < -0.3 is 64.0 Å². The number of aliphatic imine (C=N–C) groups is 1. The van der Waals surface area contributed by atoms with Crippen LogP contribution in [0, 0.1) is 11.8 Å². The summed E-state index contributed by atoms with van der Waals surface area (Å²) in [4.78, 5) is 102. The minimum atomic E-state index is -1.32. The number of carboxylic acids is 1. The molecule has 0 aliphatic carbocycles. The molecular weight excluding hydrogens is 889 g/mol. The lowest BCUT2D eigenvalue weighted by Gasteiger charge is -2.32. The van der Waals surface area contributed by atoms with Gasteiger partial charge in [0, 0.05) is 32.4 Å². The van der Waals surface area contributed by atoms with Crippen molar-refractivity contribution in [1.82, 2.24) is 31.5 Å². The van der Waals surface area contributed by atoms with Crippen LogP contribution in [-0.2, 0) is 52.8 Å². The van der Waals surface area contributed by atoms with Crippen LogP contribution in [0.4, 0.5) is 0 Å². The number of nitrogens with two attached hydrogens (primary N) is 3. The molecule has 0 saturated carbocycles. The van der Waals surface area contributed by atoms with Gasteiger partial charge in [-0.15, -0.1) is 0 Å². The first kappa shape index (κ1) is 54.4. The number of carbonyl (C=O) groups excluding carboxylic acids is 6. The first-order valence-electron chi connectivity index (χ1n) is 23.2. The van der Waals surface area contributed by atoms with E-state index >= 15 is 0 Å². The van der Waals surface area contributed by atoms with Crippen molar-refractivity contribution >= 4 is 47.4 Å². The molecule has 1 aliphatic heterocycles. The largest absolute Gasteiger partial charge is 0.508 e. The molecule has 1 fully saturated rings. The van der Waals surface area contributed by atoms with Gasteiger partial charge in [0.1, 0.15) is 47.8 Å². The van der Waals surface area contributed by atoms with Crippen LogP contribution >= 0.6 is 0 Å². The molecule has 3 aromatic carbocycles. The number of amides is 6. The van der Waals surface area contributed by atoms with E-state index < -0.39 is 95.5 Å². The number of carbonyl (C=O) groups is 7. The van der Waals surface area contributed by atoms with E-state index in [9.17, 15) is 48.9 Å². The van der Waals surface area contributed by atoms with Crippen molar-refractivity contribution in [3.8, 4) is 11.5 Å². The number of hydrogen-bond acceptors (Lipinski definition) is 11. The number of likely N-dealkylation sites (tertiary alicyclic amines) is 1. The Bertz CT molecular complexity index is 2240. The Hall–Kier alpha value is -7.22. The molecule has 6 amide bonds. The van der Waals surface area contributed by atoms with Crippen molar-refractivity contribution in [3.63, 3.8) is 0 Å². The minimum absolute atomic E-state index is 0.0114. The maximum Gasteiger partial charge on any atom is 0.326 e. The van der Waals surface area contributed by atoms with Crippen LogP contribution in [0.5, 0.6) is 11.5 Å². The number of aromatic hydroxyl groups is 2. The molecule has 1 heterocycles. The number of guanidine groups is 1. The van der Waals surface area contributed by atoms with Crippen molar-refractivity contribution < 1.29 is 48.9 Å². The molecule has 3 aromatic rings. The van der Waals surface area contributed by atoms with Gasteiger partial charge in [0.25, 0.3) is 0 Å². The molecule has 4 rings (SSSR count). The van der Waals surface area contributed by atoms with E-state index in [1.807, 2.05) is 6.92 Å². The van der Waals surface area contributed by atoms with Crippen LogP contribution < -0.4 is 43.8 Å². The third kappa shape index (κ3) is 16.8. The molecule has 0 spiro atoms. The van der Waals surface area contributed by atoms with E-state index in [1.54, 1.807) is 75.4 Å². The Morgan fingerprint density at radius 1 is 0.681 bits per heavy atom. The maximum absolute atomic E-state index is 14.6. The fraction of sp³-hybridized carbons (Fsp3) is 0.469. The van der Waals surface area contributed by atoms with Crippen LogP contribution in [0.2, 0.25) is 0 Å². The van der Waals surface area contributed by atoms with E-state index in [-0.39, 0.29) is 62.7 Å². The lowest BCUT2D eigenvalue weighted by Crippen LogP contribution is -2.61. The highest BCUT2D eigenvalue weighted by molar-refractivity contribution is 5.97. The summed E-state index contributed by atoms with van der Waals surface area (Å²) >= 11 is 0. The second-order valence-electron chi connectivity index (χ2n) is 17.8. The molecule has 20 heteroatoms. The summed E-state index contributed by atoms with van der Waals surface area (Å²) in [5, 5.41) is 43.6. The average Bonchev–Trinajstić information content (AvgIpc) is 3.82. The van der Waals surface area contributed by atoms with Crippen molar-refractivity contribution in [1.29, 1.82) is 0 Å². The highest BCUT2D eigenvalue weighted by Gasteiger charge is 2.41. The predicted molar refractivity (Wildman–Crippen MR) is 258 cm³/mol. The van der Waals surface area contributed by atoms with Crippen molar-refractivity contribution in [2.24, 2.45) is 34.0 Å². The number of phenols is 2. The van der Waals surface area contributed by atoms with Crippen molar-refractivity contribution in [3.05, 3.63) is 95.6 Å². The van der Waals surface area contributed by atoms with Crippen LogP contribution in [-0.4, -0.2) is 123 Å². The quantitative estimate of drug-likeness (QED) is 0.0317. The van der Waals surface area contributed by atoms with Gasteiger partial charge in [-0.2, -0.15) is 0 Å². The fourth-order valence-electron chi connectivity index (χ4n) is 7.89. The topological polar surface area (TPSA) is 334 Å². The third-order valence-corrected chi connectivity index (χ3v) is 12.1. The molecule has 0 radical (unpaired) electrons. The van der Waals surface area contributed by atoms with Crippen LogP contribution in [0.15, 0.2) is 83.9 Å². The van der Waals surface area contributed by atoms with Gasteiger partial charge in [-0.1, -0.05) is 88.7 Å². The summed E-state index contributed by atoms with van der Waals surface area (Å²) in [6, 6.07) is 12.5. The van der Waals surface area contributed by atoms with E-state index in [2.05, 4.69) is 31.6 Å². The first-order valence-corrected chi connectivity index (χ1v) is 23.2. The zero-order valence-corrected chi connectivity index (χ0v) is 39.6. The van der Waals surface area contributed by atoms with Gasteiger partial charge >= 0.3 is 5.97 Å². The Morgan fingerprint density at radius 2 is 1.20 bits per heavy atom. The molecule has 20 nitrogen and oxygen atoms in total. The number of aliphatic carboxylic acids is 1. The lowest BCUT2D eigenvalue weighted by atomic mass is 9.95. The first-order chi connectivity index (χ1) is 32.8. The maximum atomic E-state index is 14.6. The van der Waals surface area contributed by atoms with Crippen LogP contribution in [0.1, 0.15) is 76.5 Å². The predicted octanol–water partition coefficient (Wildman–Crippen LogP) is 0.708. The number of carboxylic acid groups (broad SMARTS) is 1. The minimum Gasteiger partial charge on any atom is -0.508 e. The zero-order chi connectivity index (χ0) is 50.8. The molecule has 69 heavy (non-hydrogen) atoms. The lowest BCUT2D eigenvalue weighted by molar-refractivity contribution is -0.145. The highest BCUT2D eigenvalue weighted by Crippen LogP contribution is 2.22. The molecule has 1 aliphatic rings. The molecule has 0 bridgehead atoms. The SMILES string of the molecule is CC[C@H](C)[C@H](NC(=O)[C@H](Cc1ccc(O)cc1)NC(=O)[C@@H](NC(=O)[C@@H](N)CCCN=C(N)N)C(C)C)C(=O)N[C@@H](Cc1ccc(O)cc1)C(=O)N1CCC[C@H]1C(=O)N[C@@H](Cc1ccccc1)C(=O)O. The van der Waals surface area contributed by atoms with Gasteiger partial charge in [-0.3, -0.25) is 33.8 Å². The Balaban J connectivity index is 1.59. The monoisotopic (exact) mass is 957 g/mol. The van der Waals surface area contributed by atoms with Crippen molar-refractivity contribution in [2.75, 3.05) is 13.1 Å². The molecule has 1 saturated heterocycles. The van der Waals surface area contributed by atoms with E-state index in [4.69, 9.17) is 17.2 Å². The smallest absolute Gasteiger partial charge is 0.326 e. The van der Waals surface area contributed by atoms with E-state index in [1.165, 1.54) is 29.2 Å². The van der Waals surface area contributed by atoms with Gasteiger partial charge in [0.2, 0.25) is 35.4 Å². The third-order valence-electron chi connectivity index (χ3n) is 12.1. The Kier molecular flexibility index (Phi) is 20.8. The number of benzene rings is 3. The van der Waals surface area contributed by atoms with E-state index in [0.717, 1.165) is 0 Å². The summed E-state index contributed by atoms with van der Waals surface area (Å²) in [5.41, 5.74) is 18.7. The highest BCUT2D eigenvalue weighted by atomic mass is 16.4. The number of nitrogens with zero attached hydrogens (tertiary/aromatic N) is 2. The van der Waals surface area contributed by atoms with Gasteiger partial charge in [0.15, 0.2) is 5.96 Å². The van der Waals surface area contributed by atoms with Gasteiger partial charge in [-0.05, 0) is 78.5 Å². The van der Waals surface area contributed by atoms with Gasteiger partial charge in [-0.25, -0.2) is 4.79 Å². The molecule has 14 N–H and O–H groups in total. The second kappa shape index (κ2) is 26.4. The zero-order valence-electron chi connectivity index (χ0n) is 39.6. The fourth-order valence-corrected chi connectivity index (χ4v) is 7.89. The Morgan fingerprint density at radius 3 is 1.75 bits per heavy atom. The molecule has 0 unspecified atom stereocenters. The summed E-state index contributed by atoms with van der Waals surface area (Å²) in [6.45, 7) is 7.35.